The van der Waals surface area contributed by atoms with Crippen LogP contribution in [0.15, 0.2) is 53.4 Å². The normalized spacial score (nSPS) is 14.8. The van der Waals surface area contributed by atoms with Crippen molar-refractivity contribution in [1.82, 2.24) is 14.5 Å². The summed E-state index contributed by atoms with van der Waals surface area (Å²) >= 11 is 7.11. The molecule has 0 aliphatic carbocycles. The van der Waals surface area contributed by atoms with E-state index in [-0.39, 0.29) is 10.5 Å². The molecule has 0 atom stereocenters. The van der Waals surface area contributed by atoms with Crippen LogP contribution in [0.1, 0.15) is 23.2 Å². The first-order valence-corrected chi connectivity index (χ1v) is 11.6. The topological polar surface area (TPSA) is 92.3 Å². The summed E-state index contributed by atoms with van der Waals surface area (Å²) in [6, 6.07) is 13.2. The number of rotatable bonds is 5. The molecular weight excluding hydrogens is 432 g/mol. The molecule has 0 unspecified atom stereocenters. The maximum absolute atomic E-state index is 12.7. The van der Waals surface area contributed by atoms with Crippen LogP contribution in [0.25, 0.3) is 10.6 Å². The van der Waals surface area contributed by atoms with E-state index in [1.54, 1.807) is 24.3 Å². The van der Waals surface area contributed by atoms with Crippen LogP contribution in [-0.2, 0) is 10.0 Å². The Kier molecular flexibility index (Phi) is 5.64. The van der Waals surface area contributed by atoms with Crippen molar-refractivity contribution in [2.45, 2.75) is 17.7 Å². The van der Waals surface area contributed by atoms with Gasteiger partial charge in [0.15, 0.2) is 0 Å². The predicted molar refractivity (Wildman–Crippen MR) is 113 cm³/mol. The molecule has 2 heterocycles. The van der Waals surface area contributed by atoms with Crippen molar-refractivity contribution in [2.75, 3.05) is 18.4 Å². The number of hydrogen-bond acceptors (Lipinski definition) is 6. The highest BCUT2D eigenvalue weighted by Gasteiger charge is 2.27. The smallest absolute Gasteiger partial charge is 0.257 e. The van der Waals surface area contributed by atoms with Crippen LogP contribution in [0.5, 0.6) is 0 Å². The van der Waals surface area contributed by atoms with Crippen molar-refractivity contribution in [3.8, 4) is 10.6 Å². The maximum atomic E-state index is 12.7. The number of nitrogens with zero attached hydrogens (tertiary/aromatic N) is 3. The van der Waals surface area contributed by atoms with E-state index in [0.717, 1.165) is 18.4 Å². The Hall–Kier alpha value is -2.33. The van der Waals surface area contributed by atoms with Crippen LogP contribution in [-0.4, -0.2) is 41.9 Å². The van der Waals surface area contributed by atoms with Crippen LogP contribution in [0.2, 0.25) is 5.02 Å². The molecule has 1 N–H and O–H groups in total. The van der Waals surface area contributed by atoms with E-state index in [9.17, 15) is 13.2 Å². The Labute approximate surface area is 177 Å². The van der Waals surface area contributed by atoms with Crippen molar-refractivity contribution in [2.24, 2.45) is 0 Å². The summed E-state index contributed by atoms with van der Waals surface area (Å²) in [5, 5.41) is 12.3. The minimum atomic E-state index is -3.59. The molecule has 2 aromatic carbocycles. The summed E-state index contributed by atoms with van der Waals surface area (Å²) in [5.41, 5.74) is 1.08. The lowest BCUT2D eigenvalue weighted by Crippen LogP contribution is -2.28. The fourth-order valence-corrected chi connectivity index (χ4v) is 5.46. The molecule has 1 aromatic heterocycles. The van der Waals surface area contributed by atoms with Gasteiger partial charge in [-0.3, -0.25) is 10.1 Å². The van der Waals surface area contributed by atoms with Gasteiger partial charge < -0.3 is 0 Å². The Morgan fingerprint density at radius 1 is 1.07 bits per heavy atom. The first-order valence-electron chi connectivity index (χ1n) is 8.94. The summed E-state index contributed by atoms with van der Waals surface area (Å²) in [4.78, 5) is 12.7. The van der Waals surface area contributed by atoms with Gasteiger partial charge in [-0.15, -0.1) is 10.2 Å². The van der Waals surface area contributed by atoms with E-state index in [1.807, 2.05) is 12.1 Å². The Bertz CT molecular complexity index is 1140. The first kappa shape index (κ1) is 20.0. The lowest BCUT2D eigenvalue weighted by atomic mass is 10.2. The molecule has 0 spiro atoms. The predicted octanol–water partition coefficient (Wildman–Crippen LogP) is 3.90. The molecule has 1 saturated heterocycles. The molecule has 0 saturated carbocycles. The summed E-state index contributed by atoms with van der Waals surface area (Å²) in [6.45, 7) is 1.02. The molecule has 29 heavy (non-hydrogen) atoms. The molecule has 3 aromatic rings. The van der Waals surface area contributed by atoms with Gasteiger partial charge in [0.25, 0.3) is 5.91 Å². The molecule has 0 radical (unpaired) electrons. The Morgan fingerprint density at radius 3 is 2.52 bits per heavy atom. The molecule has 1 fully saturated rings. The third-order valence-corrected chi connectivity index (χ3v) is 7.57. The monoisotopic (exact) mass is 448 g/mol. The molecule has 4 rings (SSSR count). The minimum Gasteiger partial charge on any atom is -0.296 e. The van der Waals surface area contributed by atoms with E-state index in [0.29, 0.717) is 28.3 Å². The van der Waals surface area contributed by atoms with Crippen molar-refractivity contribution in [3.63, 3.8) is 0 Å². The van der Waals surface area contributed by atoms with Gasteiger partial charge >= 0.3 is 0 Å². The number of carbonyl (C=O) groups is 1. The van der Waals surface area contributed by atoms with Crippen LogP contribution in [0, 0.1) is 0 Å². The molecule has 1 amide bonds. The summed E-state index contributed by atoms with van der Waals surface area (Å²) < 4.78 is 26.9. The van der Waals surface area contributed by atoms with Crippen molar-refractivity contribution >= 4 is 44.0 Å². The highest BCUT2D eigenvalue weighted by molar-refractivity contribution is 7.89. The number of carbonyl (C=O) groups excluding carboxylic acids is 1. The van der Waals surface area contributed by atoms with Gasteiger partial charge in [-0.05, 0) is 43.2 Å². The summed E-state index contributed by atoms with van der Waals surface area (Å²) in [6.07, 6.45) is 1.71. The molecule has 10 heteroatoms. The average Bonchev–Trinajstić information content (AvgIpc) is 3.41. The van der Waals surface area contributed by atoms with Gasteiger partial charge in [-0.1, -0.05) is 41.1 Å². The number of benzene rings is 2. The fourth-order valence-electron chi connectivity index (χ4n) is 3.03. The van der Waals surface area contributed by atoms with E-state index in [1.165, 1.54) is 27.8 Å². The summed E-state index contributed by atoms with van der Waals surface area (Å²) in [5.74, 6) is -0.442. The lowest BCUT2D eigenvalue weighted by Gasteiger charge is -2.15. The van der Waals surface area contributed by atoms with Crippen LogP contribution in [0.3, 0.4) is 0 Å². The van der Waals surface area contributed by atoms with Crippen molar-refractivity contribution < 1.29 is 13.2 Å². The van der Waals surface area contributed by atoms with E-state index in [2.05, 4.69) is 15.5 Å². The van der Waals surface area contributed by atoms with Crippen LogP contribution in [0.4, 0.5) is 5.13 Å². The molecular formula is C19H17ClN4O3S2. The molecule has 150 valence electrons. The van der Waals surface area contributed by atoms with E-state index < -0.39 is 15.9 Å². The fraction of sp³-hybridized carbons (Fsp3) is 0.211. The number of halogens is 1. The zero-order chi connectivity index (χ0) is 20.4. The Balaban J connectivity index is 1.51. The SMILES string of the molecule is O=C(Nc1nnc(-c2ccc(Cl)cc2)s1)c1cccc(S(=O)(=O)N2CCCC2)c1. The highest BCUT2D eigenvalue weighted by atomic mass is 35.5. The molecule has 1 aliphatic rings. The number of nitrogens with one attached hydrogen (secondary N) is 1. The number of amides is 1. The van der Waals surface area contributed by atoms with Gasteiger partial charge in [-0.25, -0.2) is 8.42 Å². The van der Waals surface area contributed by atoms with Crippen molar-refractivity contribution in [1.29, 1.82) is 0 Å². The third kappa shape index (κ3) is 4.32. The van der Waals surface area contributed by atoms with E-state index >= 15 is 0 Å². The lowest BCUT2D eigenvalue weighted by molar-refractivity contribution is 0.102. The van der Waals surface area contributed by atoms with Crippen molar-refractivity contribution in [3.05, 3.63) is 59.1 Å². The highest BCUT2D eigenvalue weighted by Crippen LogP contribution is 2.28. The minimum absolute atomic E-state index is 0.117. The van der Waals surface area contributed by atoms with Crippen LogP contribution >= 0.6 is 22.9 Å². The first-order chi connectivity index (χ1) is 13.9. The van der Waals surface area contributed by atoms with Gasteiger partial charge in [0.05, 0.1) is 4.90 Å². The maximum Gasteiger partial charge on any atom is 0.257 e. The largest absolute Gasteiger partial charge is 0.296 e. The van der Waals surface area contributed by atoms with Gasteiger partial charge in [0.2, 0.25) is 15.2 Å². The molecule has 0 bridgehead atoms. The zero-order valence-corrected chi connectivity index (χ0v) is 17.6. The molecule has 1 aliphatic heterocycles. The number of sulfonamides is 1. The summed E-state index contributed by atoms with van der Waals surface area (Å²) in [7, 11) is -3.59. The van der Waals surface area contributed by atoms with Gasteiger partial charge in [0, 0.05) is 29.2 Å². The Morgan fingerprint density at radius 2 is 1.79 bits per heavy atom. The van der Waals surface area contributed by atoms with Gasteiger partial charge in [0.1, 0.15) is 5.01 Å². The second-order valence-corrected chi connectivity index (χ2v) is 9.86. The van der Waals surface area contributed by atoms with Gasteiger partial charge in [-0.2, -0.15) is 4.31 Å². The molecule has 7 nitrogen and oxygen atoms in total. The quantitative estimate of drug-likeness (QED) is 0.639. The van der Waals surface area contributed by atoms with E-state index in [4.69, 9.17) is 11.6 Å². The van der Waals surface area contributed by atoms with Crippen LogP contribution < -0.4 is 5.32 Å². The number of anilines is 1. The third-order valence-electron chi connectivity index (χ3n) is 4.54. The number of hydrogen-bond donors (Lipinski definition) is 1. The zero-order valence-electron chi connectivity index (χ0n) is 15.2. The second-order valence-electron chi connectivity index (χ2n) is 6.51. The average molecular weight is 449 g/mol. The second kappa shape index (κ2) is 8.19. The number of aromatic nitrogens is 2. The standard InChI is InChI=1S/C19H17ClN4O3S2/c20-15-8-6-13(7-9-15)18-22-23-19(28-18)21-17(25)14-4-3-5-16(12-14)29(26,27)24-10-1-2-11-24/h3-9,12H,1-2,10-11H2,(H,21,23,25).